The molecule has 0 unspecified atom stereocenters. The van der Waals surface area contributed by atoms with Gasteiger partial charge in [0.1, 0.15) is 12.1 Å². The van der Waals surface area contributed by atoms with Crippen molar-refractivity contribution in [3.05, 3.63) is 45.3 Å². The number of likely N-dealkylation sites (tertiary alicyclic amines) is 1. The molecule has 0 radical (unpaired) electrons. The molecular weight excluding hydrogens is 352 g/mol. The zero-order chi connectivity index (χ0) is 20.1. The van der Waals surface area contributed by atoms with Crippen molar-refractivity contribution in [2.45, 2.75) is 65.3 Å². The van der Waals surface area contributed by atoms with Gasteiger partial charge in [-0.15, -0.1) is 0 Å². The van der Waals surface area contributed by atoms with Gasteiger partial charge in [0, 0.05) is 42.9 Å². The van der Waals surface area contributed by atoms with Gasteiger partial charge in [-0.25, -0.2) is 4.79 Å². The summed E-state index contributed by atoms with van der Waals surface area (Å²) in [7, 11) is 0. The van der Waals surface area contributed by atoms with Gasteiger partial charge >= 0.3 is 5.63 Å². The maximum Gasteiger partial charge on any atom is 0.336 e. The maximum absolute atomic E-state index is 12.1. The van der Waals surface area contributed by atoms with E-state index in [4.69, 9.17) is 4.42 Å². The fourth-order valence-corrected chi connectivity index (χ4v) is 4.14. The summed E-state index contributed by atoms with van der Waals surface area (Å²) in [6.45, 7) is 9.86. The number of rotatable bonds is 7. The van der Waals surface area contributed by atoms with Gasteiger partial charge in [0.2, 0.25) is 5.91 Å². The van der Waals surface area contributed by atoms with Gasteiger partial charge in [0.15, 0.2) is 0 Å². The lowest BCUT2D eigenvalue weighted by atomic mass is 9.95. The van der Waals surface area contributed by atoms with E-state index in [1.165, 1.54) is 5.56 Å². The standard InChI is InChI=1S/C23H32N2O3/c1-16(2)19-14-20-18(13-23(27)28-21(20)12-17(19)3)15-24-9-7-11-25-10-6-4-5-8-22(25)26/h12-14,16,24H,4-11,15H2,1-3H3/p+1. The van der Waals surface area contributed by atoms with Crippen molar-refractivity contribution in [2.24, 2.45) is 0 Å². The van der Waals surface area contributed by atoms with Crippen LogP contribution >= 0.6 is 0 Å². The van der Waals surface area contributed by atoms with E-state index < -0.39 is 0 Å². The molecule has 0 saturated carbocycles. The van der Waals surface area contributed by atoms with E-state index >= 15 is 0 Å². The summed E-state index contributed by atoms with van der Waals surface area (Å²) >= 11 is 0. The zero-order valence-electron chi connectivity index (χ0n) is 17.4. The quantitative estimate of drug-likeness (QED) is 0.588. The van der Waals surface area contributed by atoms with Crippen LogP contribution in [-0.2, 0) is 11.3 Å². The van der Waals surface area contributed by atoms with E-state index in [1.807, 2.05) is 11.0 Å². The van der Waals surface area contributed by atoms with E-state index in [9.17, 15) is 9.59 Å². The molecule has 1 aromatic carbocycles. The van der Waals surface area contributed by atoms with Gasteiger partial charge in [-0.1, -0.05) is 20.3 Å². The van der Waals surface area contributed by atoms with Crippen LogP contribution in [0.25, 0.3) is 11.0 Å². The number of nitrogens with zero attached hydrogens (tertiary/aromatic N) is 1. The predicted molar refractivity (Wildman–Crippen MR) is 111 cm³/mol. The molecule has 0 aliphatic carbocycles. The number of benzene rings is 1. The molecule has 2 N–H and O–H groups in total. The summed E-state index contributed by atoms with van der Waals surface area (Å²) in [5, 5.41) is 3.26. The van der Waals surface area contributed by atoms with Gasteiger partial charge in [-0.2, -0.15) is 0 Å². The Kier molecular flexibility index (Phi) is 6.89. The number of carbonyl (C=O) groups excluding carboxylic acids is 1. The molecule has 1 aliphatic heterocycles. The Morgan fingerprint density at radius 3 is 2.75 bits per heavy atom. The summed E-state index contributed by atoms with van der Waals surface area (Å²) in [5.41, 5.74) is 3.87. The largest absolute Gasteiger partial charge is 0.423 e. The highest BCUT2D eigenvalue weighted by Crippen LogP contribution is 2.26. The van der Waals surface area contributed by atoms with E-state index in [-0.39, 0.29) is 5.63 Å². The highest BCUT2D eigenvalue weighted by atomic mass is 16.4. The first-order chi connectivity index (χ1) is 13.5. The van der Waals surface area contributed by atoms with Crippen molar-refractivity contribution in [3.8, 4) is 0 Å². The summed E-state index contributed by atoms with van der Waals surface area (Å²) in [4.78, 5) is 26.1. The van der Waals surface area contributed by atoms with Crippen molar-refractivity contribution in [1.82, 2.24) is 4.90 Å². The molecule has 2 heterocycles. The lowest BCUT2D eigenvalue weighted by Crippen LogP contribution is -2.82. The summed E-state index contributed by atoms with van der Waals surface area (Å²) in [6.07, 6.45) is 4.99. The maximum atomic E-state index is 12.1. The molecule has 0 bridgehead atoms. The number of fused-ring (bicyclic) bond motifs is 1. The first-order valence-electron chi connectivity index (χ1n) is 10.6. The predicted octanol–water partition coefficient (Wildman–Crippen LogP) is 3.08. The first-order valence-corrected chi connectivity index (χ1v) is 10.6. The van der Waals surface area contributed by atoms with Crippen LogP contribution in [0.5, 0.6) is 0 Å². The van der Waals surface area contributed by atoms with Crippen LogP contribution in [0.4, 0.5) is 0 Å². The second-order valence-corrected chi connectivity index (χ2v) is 8.28. The Labute approximate surface area is 167 Å². The third-order valence-electron chi connectivity index (χ3n) is 5.71. The van der Waals surface area contributed by atoms with E-state index in [2.05, 4.69) is 32.2 Å². The fraction of sp³-hybridized carbons (Fsp3) is 0.565. The normalized spacial score (nSPS) is 15.4. The third kappa shape index (κ3) is 5.02. The molecule has 0 spiro atoms. The second kappa shape index (κ2) is 9.37. The van der Waals surface area contributed by atoms with Gasteiger partial charge in [-0.05, 0) is 48.9 Å². The Hall–Kier alpha value is -2.14. The lowest BCUT2D eigenvalue weighted by molar-refractivity contribution is -0.670. The molecule has 28 heavy (non-hydrogen) atoms. The van der Waals surface area contributed by atoms with Crippen LogP contribution in [0, 0.1) is 6.92 Å². The van der Waals surface area contributed by atoms with Gasteiger partial charge in [0.25, 0.3) is 0 Å². The molecule has 1 amide bonds. The molecule has 152 valence electrons. The number of hydrogen-bond donors (Lipinski definition) is 1. The Bertz CT molecular complexity index is 885. The fourth-order valence-electron chi connectivity index (χ4n) is 4.14. The lowest BCUT2D eigenvalue weighted by Gasteiger charge is -2.19. The van der Waals surface area contributed by atoms with Crippen molar-refractivity contribution >= 4 is 16.9 Å². The number of hydrogen-bond acceptors (Lipinski definition) is 3. The summed E-state index contributed by atoms with van der Waals surface area (Å²) in [5.74, 6) is 0.736. The minimum atomic E-state index is -0.289. The number of nitrogens with two attached hydrogens (primary N) is 1. The molecule has 1 aliphatic rings. The molecular formula is C23H33N2O3+. The average Bonchev–Trinajstić information content (AvgIpc) is 2.84. The molecule has 0 atom stereocenters. The van der Waals surface area contributed by atoms with Crippen LogP contribution in [0.3, 0.4) is 0 Å². The van der Waals surface area contributed by atoms with Crippen molar-refractivity contribution in [1.29, 1.82) is 0 Å². The number of quaternary nitrogens is 1. The molecule has 1 saturated heterocycles. The van der Waals surface area contributed by atoms with Crippen molar-refractivity contribution in [2.75, 3.05) is 19.6 Å². The smallest absolute Gasteiger partial charge is 0.336 e. The minimum Gasteiger partial charge on any atom is -0.423 e. The number of amides is 1. The number of carbonyl (C=O) groups is 1. The summed E-state index contributed by atoms with van der Waals surface area (Å²) in [6, 6.07) is 5.79. The highest BCUT2D eigenvalue weighted by Gasteiger charge is 2.16. The Morgan fingerprint density at radius 2 is 1.96 bits per heavy atom. The van der Waals surface area contributed by atoms with Crippen LogP contribution in [0.15, 0.2) is 27.4 Å². The second-order valence-electron chi connectivity index (χ2n) is 8.28. The van der Waals surface area contributed by atoms with Crippen molar-refractivity contribution in [3.63, 3.8) is 0 Å². The number of aryl methyl sites for hydroxylation is 1. The average molecular weight is 386 g/mol. The van der Waals surface area contributed by atoms with Crippen LogP contribution in [0.2, 0.25) is 0 Å². The molecule has 5 nitrogen and oxygen atoms in total. The van der Waals surface area contributed by atoms with Crippen LogP contribution in [-0.4, -0.2) is 30.4 Å². The molecule has 1 fully saturated rings. The summed E-state index contributed by atoms with van der Waals surface area (Å²) < 4.78 is 5.43. The van der Waals surface area contributed by atoms with Gasteiger partial charge in [-0.3, -0.25) is 4.79 Å². The zero-order valence-corrected chi connectivity index (χ0v) is 17.4. The van der Waals surface area contributed by atoms with Crippen LogP contribution in [0.1, 0.15) is 68.6 Å². The minimum absolute atomic E-state index is 0.289. The molecule has 3 rings (SSSR count). The molecule has 1 aromatic heterocycles. The Morgan fingerprint density at radius 1 is 1.14 bits per heavy atom. The van der Waals surface area contributed by atoms with Crippen LogP contribution < -0.4 is 10.9 Å². The van der Waals surface area contributed by atoms with Crippen molar-refractivity contribution < 1.29 is 14.5 Å². The molecule has 5 heteroatoms. The van der Waals surface area contributed by atoms with E-state index in [0.29, 0.717) is 23.8 Å². The highest BCUT2D eigenvalue weighted by molar-refractivity contribution is 5.82. The third-order valence-corrected chi connectivity index (χ3v) is 5.71. The monoisotopic (exact) mass is 385 g/mol. The van der Waals surface area contributed by atoms with Gasteiger partial charge in [0.05, 0.1) is 6.54 Å². The topological polar surface area (TPSA) is 67.1 Å². The molecule has 2 aromatic rings. The Balaban J connectivity index is 1.63. The van der Waals surface area contributed by atoms with Gasteiger partial charge < -0.3 is 14.6 Å². The SMILES string of the molecule is Cc1cc2oc(=O)cc(C[NH2+]CCCN3CCCCCC3=O)c2cc1C(C)C. The van der Waals surface area contributed by atoms with E-state index in [0.717, 1.165) is 68.4 Å². The first kappa shape index (κ1) is 20.6. The van der Waals surface area contributed by atoms with E-state index in [1.54, 1.807) is 6.07 Å².